The van der Waals surface area contributed by atoms with Gasteiger partial charge < -0.3 is 15.4 Å². The topological polar surface area (TPSA) is 63.2 Å². The van der Waals surface area contributed by atoms with Gasteiger partial charge in [-0.1, -0.05) is 0 Å². The summed E-state index contributed by atoms with van der Waals surface area (Å²) in [7, 11) is 0. The Bertz CT molecular complexity index is 395. The molecule has 17 heavy (non-hydrogen) atoms. The molecule has 0 aliphatic carbocycles. The average molecular weight is 253 g/mol. The largest absolute Gasteiger partial charge is 0.374 e. The highest BCUT2D eigenvalue weighted by Crippen LogP contribution is 2.21. The van der Waals surface area contributed by atoms with E-state index in [9.17, 15) is 4.79 Å². The Hall–Kier alpha value is -0.980. The van der Waals surface area contributed by atoms with Gasteiger partial charge in [-0.2, -0.15) is 0 Å². The number of thiazole rings is 1. The van der Waals surface area contributed by atoms with Gasteiger partial charge in [0.2, 0.25) is 0 Å². The Labute approximate surface area is 104 Å². The van der Waals surface area contributed by atoms with Gasteiger partial charge in [0.05, 0.1) is 17.7 Å². The summed E-state index contributed by atoms with van der Waals surface area (Å²) >= 11 is 1.43. The van der Waals surface area contributed by atoms with Gasteiger partial charge in [-0.05, 0) is 12.8 Å². The van der Waals surface area contributed by atoms with Crippen LogP contribution in [-0.2, 0) is 4.74 Å². The molecule has 2 aliphatic rings. The first-order valence-corrected chi connectivity index (χ1v) is 6.83. The van der Waals surface area contributed by atoms with Crippen LogP contribution >= 0.6 is 11.3 Å². The maximum Gasteiger partial charge on any atom is 0.271 e. The lowest BCUT2D eigenvalue weighted by Gasteiger charge is -2.28. The van der Waals surface area contributed by atoms with Crippen LogP contribution < -0.4 is 10.6 Å². The van der Waals surface area contributed by atoms with E-state index >= 15 is 0 Å². The van der Waals surface area contributed by atoms with Gasteiger partial charge >= 0.3 is 0 Å². The molecule has 1 aromatic rings. The van der Waals surface area contributed by atoms with Gasteiger partial charge in [-0.25, -0.2) is 4.98 Å². The molecule has 5 nitrogen and oxygen atoms in total. The second-order valence-electron chi connectivity index (χ2n) is 4.45. The molecule has 92 valence electrons. The summed E-state index contributed by atoms with van der Waals surface area (Å²) in [5.74, 6) is -0.104. The van der Waals surface area contributed by atoms with E-state index in [1.54, 1.807) is 10.9 Å². The summed E-state index contributed by atoms with van der Waals surface area (Å²) in [5, 5.41) is 8.16. The van der Waals surface area contributed by atoms with Gasteiger partial charge in [-0.3, -0.25) is 4.79 Å². The van der Waals surface area contributed by atoms with Crippen molar-refractivity contribution in [3.05, 3.63) is 16.6 Å². The second-order valence-corrected chi connectivity index (χ2v) is 5.16. The molecule has 2 fully saturated rings. The minimum absolute atomic E-state index is 0.0644. The van der Waals surface area contributed by atoms with Crippen molar-refractivity contribution in [2.24, 2.45) is 0 Å². The van der Waals surface area contributed by atoms with E-state index in [1.807, 2.05) is 0 Å². The molecule has 3 atom stereocenters. The fraction of sp³-hybridized carbons (Fsp3) is 0.636. The highest BCUT2D eigenvalue weighted by atomic mass is 32.1. The van der Waals surface area contributed by atoms with Gasteiger partial charge in [0.1, 0.15) is 5.69 Å². The molecular weight excluding hydrogens is 238 g/mol. The molecule has 1 amide bonds. The summed E-state index contributed by atoms with van der Waals surface area (Å²) in [5.41, 5.74) is 2.16. The van der Waals surface area contributed by atoms with Crippen LogP contribution in [0.25, 0.3) is 0 Å². The Morgan fingerprint density at radius 1 is 1.65 bits per heavy atom. The number of amides is 1. The second kappa shape index (κ2) is 4.72. The molecule has 2 N–H and O–H groups in total. The van der Waals surface area contributed by atoms with Crippen molar-refractivity contribution >= 4 is 17.2 Å². The number of nitrogens with one attached hydrogen (secondary N) is 2. The zero-order valence-corrected chi connectivity index (χ0v) is 10.2. The fourth-order valence-electron chi connectivity index (χ4n) is 2.51. The summed E-state index contributed by atoms with van der Waals surface area (Å²) in [6.45, 7) is 1.58. The van der Waals surface area contributed by atoms with E-state index in [4.69, 9.17) is 4.74 Å². The molecule has 2 saturated heterocycles. The molecule has 0 spiro atoms. The number of hydrogen-bond donors (Lipinski definition) is 2. The average Bonchev–Trinajstić information content (AvgIpc) is 2.98. The Kier molecular flexibility index (Phi) is 3.09. The number of rotatable bonds is 2. The predicted octanol–water partition coefficient (Wildman–Crippen LogP) is 0.392. The molecular formula is C11H15N3O2S. The number of carbonyl (C=O) groups is 1. The van der Waals surface area contributed by atoms with Crippen molar-refractivity contribution in [1.82, 2.24) is 15.6 Å². The summed E-state index contributed by atoms with van der Waals surface area (Å²) in [6.07, 6.45) is 2.35. The quantitative estimate of drug-likeness (QED) is 0.800. The van der Waals surface area contributed by atoms with Crippen LogP contribution in [0, 0.1) is 0 Å². The Morgan fingerprint density at radius 3 is 3.41 bits per heavy atom. The minimum atomic E-state index is -0.104. The lowest BCUT2D eigenvalue weighted by Crippen LogP contribution is -2.47. The normalized spacial score (nSPS) is 32.1. The maximum atomic E-state index is 11.9. The lowest BCUT2D eigenvalue weighted by molar-refractivity contribution is -0.00217. The van der Waals surface area contributed by atoms with Crippen LogP contribution in [-0.4, -0.2) is 42.2 Å². The van der Waals surface area contributed by atoms with Crippen molar-refractivity contribution in [3.63, 3.8) is 0 Å². The van der Waals surface area contributed by atoms with Crippen molar-refractivity contribution < 1.29 is 9.53 Å². The zero-order valence-electron chi connectivity index (χ0n) is 9.39. The van der Waals surface area contributed by atoms with Gasteiger partial charge in [0, 0.05) is 24.6 Å². The van der Waals surface area contributed by atoms with Gasteiger partial charge in [0.15, 0.2) is 0 Å². The van der Waals surface area contributed by atoms with Crippen molar-refractivity contribution in [2.75, 3.05) is 13.2 Å². The van der Waals surface area contributed by atoms with Crippen LogP contribution in [0.5, 0.6) is 0 Å². The predicted molar refractivity (Wildman–Crippen MR) is 64.1 cm³/mol. The molecule has 0 saturated carbocycles. The minimum Gasteiger partial charge on any atom is -0.374 e. The molecule has 1 aromatic heterocycles. The number of carbonyl (C=O) groups excluding carboxylic acids is 1. The lowest BCUT2D eigenvalue weighted by atomic mass is 10.0. The molecule has 6 heteroatoms. The van der Waals surface area contributed by atoms with Crippen LogP contribution in [0.1, 0.15) is 23.3 Å². The van der Waals surface area contributed by atoms with E-state index < -0.39 is 0 Å². The monoisotopic (exact) mass is 253 g/mol. The summed E-state index contributed by atoms with van der Waals surface area (Å²) in [6, 6.07) is 0.457. The number of aromatic nitrogens is 1. The number of ether oxygens (including phenoxy) is 1. The zero-order chi connectivity index (χ0) is 11.7. The smallest absolute Gasteiger partial charge is 0.271 e. The summed E-state index contributed by atoms with van der Waals surface area (Å²) in [4.78, 5) is 15.9. The van der Waals surface area contributed by atoms with Gasteiger partial charge in [0.25, 0.3) is 5.91 Å². The number of fused-ring (bicyclic) bond motifs is 1. The van der Waals surface area contributed by atoms with Crippen molar-refractivity contribution in [1.29, 1.82) is 0 Å². The fourth-order valence-corrected chi connectivity index (χ4v) is 3.04. The van der Waals surface area contributed by atoms with E-state index in [0.717, 1.165) is 26.0 Å². The van der Waals surface area contributed by atoms with Crippen LogP contribution in [0.4, 0.5) is 0 Å². The van der Waals surface area contributed by atoms with E-state index in [0.29, 0.717) is 11.7 Å². The molecule has 3 rings (SSSR count). The first-order valence-electron chi connectivity index (χ1n) is 5.88. The van der Waals surface area contributed by atoms with Crippen molar-refractivity contribution in [2.45, 2.75) is 31.0 Å². The molecule has 0 unspecified atom stereocenters. The number of nitrogens with zero attached hydrogens (tertiary/aromatic N) is 1. The van der Waals surface area contributed by atoms with E-state index in [-0.39, 0.29) is 18.1 Å². The number of hydrogen-bond acceptors (Lipinski definition) is 5. The first kappa shape index (κ1) is 11.1. The Balaban J connectivity index is 1.64. The molecule has 0 radical (unpaired) electrons. The summed E-state index contributed by atoms with van der Waals surface area (Å²) < 4.78 is 5.74. The van der Waals surface area contributed by atoms with Gasteiger partial charge in [-0.15, -0.1) is 11.3 Å². The standard InChI is InChI=1S/C11H15N3O2S/c15-11(9-5-17-6-13-9)14-8-4-12-7-2-1-3-16-10(7)8/h5-8,10,12H,1-4H2,(H,14,15)/t7-,8-,10+/m1/s1. The van der Waals surface area contributed by atoms with Crippen LogP contribution in [0.15, 0.2) is 10.9 Å². The third kappa shape index (κ3) is 2.20. The van der Waals surface area contributed by atoms with Crippen LogP contribution in [0.3, 0.4) is 0 Å². The SMILES string of the molecule is O=C(N[C@@H]1CN[C@@H]2CCCO[C@@H]21)c1cscn1. The first-order chi connectivity index (χ1) is 8.34. The Morgan fingerprint density at radius 2 is 2.59 bits per heavy atom. The van der Waals surface area contributed by atoms with Crippen molar-refractivity contribution in [3.8, 4) is 0 Å². The van der Waals surface area contributed by atoms with Crippen LogP contribution in [0.2, 0.25) is 0 Å². The third-order valence-corrected chi connectivity index (χ3v) is 3.93. The van der Waals surface area contributed by atoms with E-state index in [1.165, 1.54) is 11.3 Å². The molecule has 2 aliphatic heterocycles. The third-order valence-electron chi connectivity index (χ3n) is 3.34. The molecule has 3 heterocycles. The highest BCUT2D eigenvalue weighted by Gasteiger charge is 2.39. The maximum absolute atomic E-state index is 11.9. The molecule has 0 bridgehead atoms. The molecule has 0 aromatic carbocycles. The van der Waals surface area contributed by atoms with E-state index in [2.05, 4.69) is 15.6 Å². The highest BCUT2D eigenvalue weighted by molar-refractivity contribution is 7.07.